The van der Waals surface area contributed by atoms with Gasteiger partial charge in [-0.2, -0.15) is 4.39 Å². The van der Waals surface area contributed by atoms with Gasteiger partial charge in [0.25, 0.3) is 0 Å². The molecule has 4 heteroatoms. The van der Waals surface area contributed by atoms with E-state index in [0.29, 0.717) is 10.9 Å². The number of aromatic hydroxyl groups is 1. The highest BCUT2D eigenvalue weighted by molar-refractivity contribution is 9.08. The molecule has 0 bridgehead atoms. The van der Waals surface area contributed by atoms with Crippen LogP contribution in [0, 0.1) is 5.13 Å². The van der Waals surface area contributed by atoms with Crippen molar-refractivity contribution in [2.45, 2.75) is 5.33 Å². The fourth-order valence-electron chi connectivity index (χ4n) is 1.23. The average Bonchev–Trinajstić information content (AvgIpc) is 2.39. The molecule has 0 fully saturated rings. The second kappa shape index (κ2) is 3.27. The van der Waals surface area contributed by atoms with Gasteiger partial charge in [0.15, 0.2) is 5.13 Å². The highest BCUT2D eigenvalue weighted by Gasteiger charge is 2.10. The van der Waals surface area contributed by atoms with Gasteiger partial charge in [0.05, 0.1) is 0 Å². The number of hydrogen-bond donors (Lipinski definition) is 1. The summed E-state index contributed by atoms with van der Waals surface area (Å²) in [6.07, 6.45) is 0. The zero-order chi connectivity index (χ0) is 9.42. The summed E-state index contributed by atoms with van der Waals surface area (Å²) in [4.78, 5) is 0. The summed E-state index contributed by atoms with van der Waals surface area (Å²) in [5, 5.41) is 10.4. The van der Waals surface area contributed by atoms with E-state index in [9.17, 15) is 9.50 Å². The first-order valence-electron chi connectivity index (χ1n) is 3.68. The highest BCUT2D eigenvalue weighted by Crippen LogP contribution is 2.33. The lowest BCUT2D eigenvalue weighted by Crippen LogP contribution is -1.76. The van der Waals surface area contributed by atoms with Crippen LogP contribution in [0.25, 0.3) is 10.1 Å². The Balaban J connectivity index is 2.79. The molecule has 0 atom stereocenters. The van der Waals surface area contributed by atoms with Crippen LogP contribution in [0.4, 0.5) is 4.39 Å². The second-order valence-electron chi connectivity index (χ2n) is 2.67. The Morgan fingerprint density at radius 2 is 2.23 bits per heavy atom. The van der Waals surface area contributed by atoms with Gasteiger partial charge in [-0.1, -0.05) is 15.9 Å². The van der Waals surface area contributed by atoms with Crippen molar-refractivity contribution in [2.24, 2.45) is 0 Å². The van der Waals surface area contributed by atoms with E-state index >= 15 is 0 Å². The van der Waals surface area contributed by atoms with Gasteiger partial charge in [-0.25, -0.2) is 0 Å². The molecule has 0 aliphatic heterocycles. The molecule has 0 radical (unpaired) electrons. The van der Waals surface area contributed by atoms with Crippen molar-refractivity contribution in [1.82, 2.24) is 0 Å². The third-order valence-electron chi connectivity index (χ3n) is 1.86. The third kappa shape index (κ3) is 1.44. The molecule has 0 spiro atoms. The Hall–Kier alpha value is -0.610. The number of benzene rings is 1. The maximum atomic E-state index is 13.2. The molecule has 13 heavy (non-hydrogen) atoms. The number of alkyl halides is 1. The number of hydrogen-bond acceptors (Lipinski definition) is 2. The van der Waals surface area contributed by atoms with Gasteiger partial charge in [0.2, 0.25) is 0 Å². The second-order valence-corrected chi connectivity index (χ2v) is 4.23. The Labute approximate surface area is 86.9 Å². The summed E-state index contributed by atoms with van der Waals surface area (Å²) in [7, 11) is 0. The van der Waals surface area contributed by atoms with Gasteiger partial charge in [-0.15, -0.1) is 11.3 Å². The van der Waals surface area contributed by atoms with Crippen molar-refractivity contribution < 1.29 is 9.50 Å². The predicted molar refractivity (Wildman–Crippen MR) is 56.1 cm³/mol. The molecule has 1 heterocycles. The number of rotatable bonds is 1. The van der Waals surface area contributed by atoms with Crippen molar-refractivity contribution in [3.05, 3.63) is 28.9 Å². The largest absolute Gasteiger partial charge is 0.508 e. The molecule has 0 saturated heterocycles. The Bertz CT molecular complexity index is 452. The molecule has 1 N–H and O–H groups in total. The molecular formula is C9H6BrFOS. The Kier molecular flexibility index (Phi) is 2.26. The Morgan fingerprint density at radius 1 is 1.46 bits per heavy atom. The van der Waals surface area contributed by atoms with Crippen LogP contribution in [0.5, 0.6) is 5.75 Å². The van der Waals surface area contributed by atoms with Crippen LogP contribution in [0.2, 0.25) is 0 Å². The van der Waals surface area contributed by atoms with E-state index in [-0.39, 0.29) is 10.9 Å². The van der Waals surface area contributed by atoms with E-state index in [1.54, 1.807) is 18.2 Å². The van der Waals surface area contributed by atoms with Crippen LogP contribution in [-0.4, -0.2) is 5.11 Å². The lowest BCUT2D eigenvalue weighted by molar-refractivity contribution is 0.476. The summed E-state index contributed by atoms with van der Waals surface area (Å²) < 4.78 is 14.0. The summed E-state index contributed by atoms with van der Waals surface area (Å²) in [5.74, 6) is 0.176. The Morgan fingerprint density at radius 3 is 2.92 bits per heavy atom. The SMILES string of the molecule is Oc1ccc2c(CBr)c(F)sc2c1. The monoisotopic (exact) mass is 260 g/mol. The number of thiophene rings is 1. The van der Waals surface area contributed by atoms with Crippen LogP contribution >= 0.6 is 27.3 Å². The lowest BCUT2D eigenvalue weighted by Gasteiger charge is -1.93. The minimum absolute atomic E-state index is 0.176. The molecule has 0 aliphatic rings. The molecule has 1 nitrogen and oxygen atoms in total. The van der Waals surface area contributed by atoms with Crippen LogP contribution in [0.15, 0.2) is 18.2 Å². The van der Waals surface area contributed by atoms with Crippen molar-refractivity contribution >= 4 is 37.4 Å². The summed E-state index contributed by atoms with van der Waals surface area (Å²) in [6, 6.07) is 4.89. The van der Waals surface area contributed by atoms with Crippen LogP contribution in [-0.2, 0) is 5.33 Å². The van der Waals surface area contributed by atoms with Gasteiger partial charge in [0.1, 0.15) is 5.75 Å². The maximum Gasteiger partial charge on any atom is 0.181 e. The third-order valence-corrected chi connectivity index (χ3v) is 3.40. The number of phenols is 1. The van der Waals surface area contributed by atoms with E-state index in [0.717, 1.165) is 21.4 Å². The first kappa shape index (κ1) is 8.97. The van der Waals surface area contributed by atoms with Gasteiger partial charge in [-0.3, -0.25) is 0 Å². The molecule has 0 amide bonds. The van der Waals surface area contributed by atoms with Crippen LogP contribution in [0.3, 0.4) is 0 Å². The summed E-state index contributed by atoms with van der Waals surface area (Å²) in [6.45, 7) is 0. The molecule has 2 rings (SSSR count). The van der Waals surface area contributed by atoms with Crippen molar-refractivity contribution in [3.8, 4) is 5.75 Å². The molecule has 0 saturated carbocycles. The highest BCUT2D eigenvalue weighted by atomic mass is 79.9. The molecule has 68 valence electrons. The topological polar surface area (TPSA) is 20.2 Å². The zero-order valence-corrected chi connectivity index (χ0v) is 8.95. The van der Waals surface area contributed by atoms with Gasteiger partial charge in [-0.05, 0) is 23.6 Å². The summed E-state index contributed by atoms with van der Waals surface area (Å²) in [5.41, 5.74) is 0.667. The molecule has 0 unspecified atom stereocenters. The smallest absolute Gasteiger partial charge is 0.181 e. The van der Waals surface area contributed by atoms with Crippen LogP contribution in [0.1, 0.15) is 5.56 Å². The fraction of sp³-hybridized carbons (Fsp3) is 0.111. The number of halogens is 2. The lowest BCUT2D eigenvalue weighted by atomic mass is 10.2. The number of phenolic OH excluding ortho intramolecular Hbond substituents is 1. The molecule has 1 aromatic carbocycles. The zero-order valence-electron chi connectivity index (χ0n) is 6.55. The van der Waals surface area contributed by atoms with E-state index in [4.69, 9.17) is 0 Å². The molecular weight excluding hydrogens is 255 g/mol. The van der Waals surface area contributed by atoms with Crippen molar-refractivity contribution in [3.63, 3.8) is 0 Å². The van der Waals surface area contributed by atoms with Gasteiger partial charge >= 0.3 is 0 Å². The molecule has 2 aromatic rings. The van der Waals surface area contributed by atoms with E-state index < -0.39 is 0 Å². The normalized spacial score (nSPS) is 10.9. The van der Waals surface area contributed by atoms with Gasteiger partial charge < -0.3 is 5.11 Å². The van der Waals surface area contributed by atoms with E-state index in [1.807, 2.05) is 0 Å². The predicted octanol–water partition coefficient (Wildman–Crippen LogP) is 3.64. The number of fused-ring (bicyclic) bond motifs is 1. The maximum absolute atomic E-state index is 13.2. The molecule has 0 aliphatic carbocycles. The standard InChI is InChI=1S/C9H6BrFOS/c10-4-7-6-2-1-5(12)3-8(6)13-9(7)11/h1-3,12H,4H2. The van der Waals surface area contributed by atoms with Gasteiger partial charge in [0, 0.05) is 15.6 Å². The minimum Gasteiger partial charge on any atom is -0.508 e. The quantitative estimate of drug-likeness (QED) is 0.777. The van der Waals surface area contributed by atoms with E-state index in [2.05, 4.69) is 15.9 Å². The first-order valence-corrected chi connectivity index (χ1v) is 5.62. The van der Waals surface area contributed by atoms with Crippen molar-refractivity contribution in [1.29, 1.82) is 0 Å². The first-order chi connectivity index (χ1) is 6.22. The van der Waals surface area contributed by atoms with E-state index in [1.165, 1.54) is 0 Å². The van der Waals surface area contributed by atoms with Crippen molar-refractivity contribution in [2.75, 3.05) is 0 Å². The summed E-state index contributed by atoms with van der Waals surface area (Å²) >= 11 is 4.29. The van der Waals surface area contributed by atoms with Crippen LogP contribution < -0.4 is 0 Å². The minimum atomic E-state index is -0.183. The average molecular weight is 261 g/mol. The molecule has 1 aromatic heterocycles. The fourth-order valence-corrected chi connectivity index (χ4v) is 2.95.